The summed E-state index contributed by atoms with van der Waals surface area (Å²) in [6, 6.07) is 14.3. The molecule has 4 heteroatoms. The van der Waals surface area contributed by atoms with Crippen LogP contribution in [-0.2, 0) is 9.47 Å². The fourth-order valence-corrected chi connectivity index (χ4v) is 2.22. The third kappa shape index (κ3) is 4.70. The molecule has 0 amide bonds. The topological polar surface area (TPSA) is 50.7 Å². The molecular formula is C17H23NO3. The second-order valence-electron chi connectivity index (χ2n) is 5.16. The molecule has 2 N–H and O–H groups in total. The number of ether oxygens (including phenoxy) is 2. The molecule has 0 spiro atoms. The lowest BCUT2D eigenvalue weighted by Gasteiger charge is -2.17. The number of nitrogens with one attached hydrogen (secondary N) is 1. The Balaban J connectivity index is 1.87. The van der Waals surface area contributed by atoms with E-state index in [0.717, 1.165) is 11.1 Å². The first-order valence-corrected chi connectivity index (χ1v) is 7.21. The van der Waals surface area contributed by atoms with Crippen LogP contribution in [0.1, 0.15) is 6.92 Å². The summed E-state index contributed by atoms with van der Waals surface area (Å²) >= 11 is 0. The van der Waals surface area contributed by atoms with Gasteiger partial charge in [0.05, 0.1) is 25.4 Å². The van der Waals surface area contributed by atoms with E-state index in [1.165, 1.54) is 5.39 Å². The normalized spacial score (nSPS) is 14.0. The number of aliphatic hydroxyl groups is 1. The van der Waals surface area contributed by atoms with Crippen LogP contribution in [0.5, 0.6) is 0 Å². The van der Waals surface area contributed by atoms with Crippen LogP contribution >= 0.6 is 0 Å². The van der Waals surface area contributed by atoms with Gasteiger partial charge in [-0.25, -0.2) is 0 Å². The van der Waals surface area contributed by atoms with Gasteiger partial charge in [-0.15, -0.1) is 0 Å². The van der Waals surface area contributed by atoms with E-state index in [1.54, 1.807) is 7.11 Å². The van der Waals surface area contributed by atoms with E-state index in [1.807, 2.05) is 31.2 Å². The van der Waals surface area contributed by atoms with E-state index in [0.29, 0.717) is 19.8 Å². The van der Waals surface area contributed by atoms with Gasteiger partial charge in [-0.2, -0.15) is 0 Å². The smallest absolute Gasteiger partial charge is 0.0945 e. The van der Waals surface area contributed by atoms with Crippen molar-refractivity contribution in [2.24, 2.45) is 0 Å². The first-order valence-electron chi connectivity index (χ1n) is 7.21. The summed E-state index contributed by atoms with van der Waals surface area (Å²) < 4.78 is 10.5. The first-order chi connectivity index (χ1) is 10.2. The molecule has 4 nitrogen and oxygen atoms in total. The van der Waals surface area contributed by atoms with Gasteiger partial charge in [0.25, 0.3) is 0 Å². The Bertz CT molecular complexity index is 553. The molecule has 2 unspecified atom stereocenters. The van der Waals surface area contributed by atoms with Crippen molar-refractivity contribution >= 4 is 16.5 Å². The van der Waals surface area contributed by atoms with Crippen molar-refractivity contribution in [1.29, 1.82) is 0 Å². The maximum Gasteiger partial charge on any atom is 0.0945 e. The molecule has 2 atom stereocenters. The summed E-state index contributed by atoms with van der Waals surface area (Å²) in [5, 5.41) is 15.6. The SMILES string of the molecule is COCC(C)OCC(O)CNc1cccc2ccccc12. The fourth-order valence-electron chi connectivity index (χ4n) is 2.22. The Labute approximate surface area is 125 Å². The predicted molar refractivity (Wildman–Crippen MR) is 85.7 cm³/mol. The average molecular weight is 289 g/mol. The number of rotatable bonds is 8. The summed E-state index contributed by atoms with van der Waals surface area (Å²) in [6.45, 7) is 3.20. The highest BCUT2D eigenvalue weighted by molar-refractivity contribution is 5.93. The van der Waals surface area contributed by atoms with Crippen molar-refractivity contribution in [1.82, 2.24) is 0 Å². The molecule has 2 aromatic carbocycles. The van der Waals surface area contributed by atoms with Crippen molar-refractivity contribution in [2.75, 3.05) is 32.2 Å². The van der Waals surface area contributed by atoms with Gasteiger partial charge in [-0.3, -0.25) is 0 Å². The first kappa shape index (κ1) is 15.8. The molecular weight excluding hydrogens is 266 g/mol. The Morgan fingerprint density at radius 1 is 1.10 bits per heavy atom. The monoisotopic (exact) mass is 289 g/mol. The van der Waals surface area contributed by atoms with Gasteiger partial charge >= 0.3 is 0 Å². The molecule has 0 bridgehead atoms. The van der Waals surface area contributed by atoms with E-state index < -0.39 is 6.10 Å². The highest BCUT2D eigenvalue weighted by Gasteiger charge is 2.08. The third-order valence-corrected chi connectivity index (χ3v) is 3.29. The summed E-state index contributed by atoms with van der Waals surface area (Å²) in [5.41, 5.74) is 1.03. The molecule has 0 aromatic heterocycles. The molecule has 0 saturated carbocycles. The Kier molecular flexibility index (Phi) is 5.99. The molecule has 21 heavy (non-hydrogen) atoms. The Hall–Kier alpha value is -1.62. The predicted octanol–water partition coefficient (Wildman–Crippen LogP) is 2.66. The molecule has 2 aromatic rings. The second-order valence-corrected chi connectivity index (χ2v) is 5.16. The van der Waals surface area contributed by atoms with Crippen molar-refractivity contribution < 1.29 is 14.6 Å². The standard InChI is InChI=1S/C17H23NO3/c1-13(11-20-2)21-12-15(19)10-18-17-9-5-7-14-6-3-4-8-16(14)17/h3-9,13,15,18-19H,10-12H2,1-2H3. The summed E-state index contributed by atoms with van der Waals surface area (Å²) in [7, 11) is 1.64. The minimum atomic E-state index is -0.553. The lowest BCUT2D eigenvalue weighted by molar-refractivity contribution is -0.0282. The van der Waals surface area contributed by atoms with E-state index in [4.69, 9.17) is 9.47 Å². The van der Waals surface area contributed by atoms with E-state index in [9.17, 15) is 5.11 Å². The molecule has 0 aliphatic heterocycles. The van der Waals surface area contributed by atoms with Gasteiger partial charge in [0.1, 0.15) is 0 Å². The third-order valence-electron chi connectivity index (χ3n) is 3.29. The van der Waals surface area contributed by atoms with E-state index in [-0.39, 0.29) is 6.10 Å². The number of benzene rings is 2. The minimum absolute atomic E-state index is 0.0118. The Morgan fingerprint density at radius 2 is 1.86 bits per heavy atom. The highest BCUT2D eigenvalue weighted by Crippen LogP contribution is 2.22. The molecule has 0 aliphatic rings. The van der Waals surface area contributed by atoms with Gasteiger partial charge in [0, 0.05) is 24.7 Å². The zero-order valence-electron chi connectivity index (χ0n) is 12.6. The molecule has 2 rings (SSSR count). The zero-order valence-corrected chi connectivity index (χ0v) is 12.6. The van der Waals surface area contributed by atoms with Crippen LogP contribution in [0.3, 0.4) is 0 Å². The van der Waals surface area contributed by atoms with Gasteiger partial charge < -0.3 is 19.9 Å². The zero-order chi connectivity index (χ0) is 15.1. The van der Waals surface area contributed by atoms with Gasteiger partial charge in [-0.1, -0.05) is 36.4 Å². The average Bonchev–Trinajstić information content (AvgIpc) is 2.51. The molecule has 0 aliphatic carbocycles. The number of anilines is 1. The number of fused-ring (bicyclic) bond motifs is 1. The minimum Gasteiger partial charge on any atom is -0.389 e. The highest BCUT2D eigenvalue weighted by atomic mass is 16.5. The molecule has 114 valence electrons. The molecule has 0 saturated heterocycles. The summed E-state index contributed by atoms with van der Waals surface area (Å²) in [4.78, 5) is 0. The molecule has 0 fully saturated rings. The number of methoxy groups -OCH3 is 1. The largest absolute Gasteiger partial charge is 0.389 e. The van der Waals surface area contributed by atoms with Crippen molar-refractivity contribution in [3.8, 4) is 0 Å². The Morgan fingerprint density at radius 3 is 2.67 bits per heavy atom. The van der Waals surface area contributed by atoms with Crippen LogP contribution in [-0.4, -0.2) is 44.2 Å². The lowest BCUT2D eigenvalue weighted by atomic mass is 10.1. The van der Waals surface area contributed by atoms with Gasteiger partial charge in [0.15, 0.2) is 0 Å². The van der Waals surface area contributed by atoms with Crippen LogP contribution in [0.2, 0.25) is 0 Å². The van der Waals surface area contributed by atoms with Crippen LogP contribution < -0.4 is 5.32 Å². The van der Waals surface area contributed by atoms with Gasteiger partial charge in [-0.05, 0) is 18.4 Å². The van der Waals surface area contributed by atoms with Crippen LogP contribution in [0.25, 0.3) is 10.8 Å². The van der Waals surface area contributed by atoms with Gasteiger partial charge in [0.2, 0.25) is 0 Å². The van der Waals surface area contributed by atoms with Crippen LogP contribution in [0, 0.1) is 0 Å². The maximum absolute atomic E-state index is 9.97. The number of aliphatic hydroxyl groups excluding tert-OH is 1. The van der Waals surface area contributed by atoms with Crippen LogP contribution in [0.4, 0.5) is 5.69 Å². The number of hydrogen-bond acceptors (Lipinski definition) is 4. The van der Waals surface area contributed by atoms with E-state index in [2.05, 4.69) is 23.5 Å². The number of hydrogen-bond donors (Lipinski definition) is 2. The molecule has 0 radical (unpaired) electrons. The van der Waals surface area contributed by atoms with E-state index >= 15 is 0 Å². The van der Waals surface area contributed by atoms with Crippen molar-refractivity contribution in [3.05, 3.63) is 42.5 Å². The second kappa shape index (κ2) is 7.98. The van der Waals surface area contributed by atoms with Crippen molar-refractivity contribution in [2.45, 2.75) is 19.1 Å². The fraction of sp³-hybridized carbons (Fsp3) is 0.412. The van der Waals surface area contributed by atoms with Crippen LogP contribution in [0.15, 0.2) is 42.5 Å². The maximum atomic E-state index is 9.97. The summed E-state index contributed by atoms with van der Waals surface area (Å²) in [6.07, 6.45) is -0.564. The lowest BCUT2D eigenvalue weighted by Crippen LogP contribution is -2.28. The summed E-state index contributed by atoms with van der Waals surface area (Å²) in [5.74, 6) is 0. The quantitative estimate of drug-likeness (QED) is 0.784. The van der Waals surface area contributed by atoms with Crippen molar-refractivity contribution in [3.63, 3.8) is 0 Å². The molecule has 0 heterocycles.